The minimum Gasteiger partial charge on any atom is -0.335 e. The first-order chi connectivity index (χ1) is 9.26. The molecule has 0 aromatic carbocycles. The molecule has 1 aliphatic rings. The molecule has 3 heteroatoms. The van der Waals surface area contributed by atoms with Crippen LogP contribution in [0, 0.1) is 11.8 Å². The summed E-state index contributed by atoms with van der Waals surface area (Å²) >= 11 is 0. The van der Waals surface area contributed by atoms with E-state index in [1.165, 1.54) is 31.5 Å². The lowest BCUT2D eigenvalue weighted by Crippen LogP contribution is -2.39. The molecule has 2 atom stereocenters. The van der Waals surface area contributed by atoms with E-state index >= 15 is 0 Å². The van der Waals surface area contributed by atoms with Gasteiger partial charge in [0.1, 0.15) is 5.82 Å². The third kappa shape index (κ3) is 4.07. The van der Waals surface area contributed by atoms with E-state index in [4.69, 9.17) is 0 Å². The van der Waals surface area contributed by atoms with Crippen LogP contribution >= 0.6 is 0 Å². The topological polar surface area (TPSA) is 29.9 Å². The molecule has 1 aliphatic carbocycles. The largest absolute Gasteiger partial charge is 0.335 e. The van der Waals surface area contributed by atoms with E-state index in [2.05, 4.69) is 41.8 Å². The Kier molecular flexibility index (Phi) is 5.44. The van der Waals surface area contributed by atoms with Crippen molar-refractivity contribution in [3.63, 3.8) is 0 Å². The van der Waals surface area contributed by atoms with Gasteiger partial charge in [0, 0.05) is 31.4 Å². The van der Waals surface area contributed by atoms with E-state index in [1.54, 1.807) is 0 Å². The summed E-state index contributed by atoms with van der Waals surface area (Å²) in [4.78, 5) is 4.57. The highest BCUT2D eigenvalue weighted by Crippen LogP contribution is 2.38. The Labute approximate surface area is 117 Å². The molecule has 19 heavy (non-hydrogen) atoms. The molecule has 0 amide bonds. The molecule has 0 spiro atoms. The number of imidazole rings is 1. The first-order valence-corrected chi connectivity index (χ1v) is 7.99. The zero-order chi connectivity index (χ0) is 13.7. The minimum atomic E-state index is 0.588. The number of aryl methyl sites for hydroxylation is 1. The van der Waals surface area contributed by atoms with Gasteiger partial charge < -0.3 is 9.88 Å². The summed E-state index contributed by atoms with van der Waals surface area (Å²) in [6.45, 7) is 9.09. The van der Waals surface area contributed by atoms with Gasteiger partial charge >= 0.3 is 0 Å². The van der Waals surface area contributed by atoms with Gasteiger partial charge in [-0.1, -0.05) is 20.8 Å². The average Bonchev–Trinajstić information content (AvgIpc) is 3.17. The molecule has 108 valence electrons. The maximum Gasteiger partial charge on any atom is 0.110 e. The van der Waals surface area contributed by atoms with Gasteiger partial charge in [-0.3, -0.25) is 0 Å². The number of nitrogens with one attached hydrogen (secondary N) is 1. The molecule has 1 saturated carbocycles. The fourth-order valence-corrected chi connectivity index (χ4v) is 2.90. The maximum atomic E-state index is 4.57. The van der Waals surface area contributed by atoms with Crippen molar-refractivity contribution in [2.75, 3.05) is 6.54 Å². The van der Waals surface area contributed by atoms with Crippen molar-refractivity contribution in [3.8, 4) is 0 Å². The van der Waals surface area contributed by atoms with Gasteiger partial charge in [0.25, 0.3) is 0 Å². The first-order valence-electron chi connectivity index (χ1n) is 7.99. The summed E-state index contributed by atoms with van der Waals surface area (Å²) < 4.78 is 2.32. The summed E-state index contributed by atoms with van der Waals surface area (Å²) in [5.41, 5.74) is 0. The predicted octanol–water partition coefficient (Wildman–Crippen LogP) is 3.25. The lowest BCUT2D eigenvalue weighted by atomic mass is 9.93. The van der Waals surface area contributed by atoms with Crippen LogP contribution in [0.3, 0.4) is 0 Å². The fourth-order valence-electron chi connectivity index (χ4n) is 2.90. The van der Waals surface area contributed by atoms with E-state index in [1.807, 2.05) is 6.20 Å². The average molecular weight is 263 g/mol. The molecule has 1 N–H and O–H groups in total. The normalized spacial score (nSPS) is 18.5. The van der Waals surface area contributed by atoms with E-state index in [9.17, 15) is 0 Å². The van der Waals surface area contributed by atoms with Crippen LogP contribution < -0.4 is 5.32 Å². The van der Waals surface area contributed by atoms with E-state index in [0.29, 0.717) is 6.04 Å². The van der Waals surface area contributed by atoms with Crippen LogP contribution in [0.1, 0.15) is 52.3 Å². The highest BCUT2D eigenvalue weighted by molar-refractivity contribution is 4.98. The summed E-state index contributed by atoms with van der Waals surface area (Å²) in [6.07, 6.45) is 10.4. The number of rotatable bonds is 9. The molecule has 2 rings (SSSR count). The third-order valence-electron chi connectivity index (χ3n) is 4.33. The summed E-state index contributed by atoms with van der Waals surface area (Å²) in [5.74, 6) is 2.98. The van der Waals surface area contributed by atoms with Crippen LogP contribution in [0.4, 0.5) is 0 Å². The Bertz CT molecular complexity index is 368. The molecule has 0 saturated heterocycles. The van der Waals surface area contributed by atoms with Crippen molar-refractivity contribution in [1.82, 2.24) is 14.9 Å². The van der Waals surface area contributed by atoms with Gasteiger partial charge in [0.2, 0.25) is 0 Å². The molecule has 0 bridgehead atoms. The molecule has 1 aromatic rings. The summed E-state index contributed by atoms with van der Waals surface area (Å²) in [7, 11) is 0. The minimum absolute atomic E-state index is 0.588. The van der Waals surface area contributed by atoms with Crippen molar-refractivity contribution in [2.24, 2.45) is 11.8 Å². The van der Waals surface area contributed by atoms with Gasteiger partial charge in [-0.15, -0.1) is 0 Å². The molecule has 1 fully saturated rings. The Hall–Kier alpha value is -0.830. The van der Waals surface area contributed by atoms with Gasteiger partial charge in [-0.05, 0) is 44.1 Å². The SMILES string of the molecule is CCCNC(Cc1nccn1CCC)C(C)C1CC1. The van der Waals surface area contributed by atoms with Crippen molar-refractivity contribution in [2.45, 2.75) is 65.5 Å². The Morgan fingerprint density at radius 1 is 1.37 bits per heavy atom. The second-order valence-corrected chi connectivity index (χ2v) is 6.00. The monoisotopic (exact) mass is 263 g/mol. The fraction of sp³-hybridized carbons (Fsp3) is 0.812. The molecule has 1 aromatic heterocycles. The molecule has 3 nitrogen and oxygen atoms in total. The highest BCUT2D eigenvalue weighted by Gasteiger charge is 2.33. The van der Waals surface area contributed by atoms with Gasteiger partial charge in [0.15, 0.2) is 0 Å². The van der Waals surface area contributed by atoms with Crippen LogP contribution in [-0.4, -0.2) is 22.1 Å². The summed E-state index contributed by atoms with van der Waals surface area (Å²) in [6, 6.07) is 0.588. The molecule has 0 aliphatic heterocycles. The van der Waals surface area contributed by atoms with Crippen LogP contribution in [0.2, 0.25) is 0 Å². The van der Waals surface area contributed by atoms with E-state index in [0.717, 1.165) is 31.3 Å². The van der Waals surface area contributed by atoms with Gasteiger partial charge in [0.05, 0.1) is 0 Å². The predicted molar refractivity (Wildman–Crippen MR) is 80.2 cm³/mol. The van der Waals surface area contributed by atoms with Crippen LogP contribution in [0.25, 0.3) is 0 Å². The zero-order valence-electron chi connectivity index (χ0n) is 12.7. The number of aromatic nitrogens is 2. The van der Waals surface area contributed by atoms with Crippen molar-refractivity contribution < 1.29 is 0 Å². The lowest BCUT2D eigenvalue weighted by molar-refractivity contribution is 0.332. The van der Waals surface area contributed by atoms with Crippen molar-refractivity contribution in [3.05, 3.63) is 18.2 Å². The van der Waals surface area contributed by atoms with Crippen LogP contribution in [0.15, 0.2) is 12.4 Å². The molecular formula is C16H29N3. The first kappa shape index (κ1) is 14.6. The van der Waals surface area contributed by atoms with Crippen molar-refractivity contribution >= 4 is 0 Å². The third-order valence-corrected chi connectivity index (χ3v) is 4.33. The molecular weight excluding hydrogens is 234 g/mol. The van der Waals surface area contributed by atoms with Crippen LogP contribution in [-0.2, 0) is 13.0 Å². The highest BCUT2D eigenvalue weighted by atomic mass is 15.1. The van der Waals surface area contributed by atoms with E-state index < -0.39 is 0 Å². The molecule has 1 heterocycles. The Morgan fingerprint density at radius 3 is 2.79 bits per heavy atom. The van der Waals surface area contributed by atoms with E-state index in [-0.39, 0.29) is 0 Å². The van der Waals surface area contributed by atoms with Crippen LogP contribution in [0.5, 0.6) is 0 Å². The van der Waals surface area contributed by atoms with Gasteiger partial charge in [-0.25, -0.2) is 4.98 Å². The second kappa shape index (κ2) is 7.09. The maximum absolute atomic E-state index is 4.57. The lowest BCUT2D eigenvalue weighted by Gasteiger charge is -2.25. The second-order valence-electron chi connectivity index (χ2n) is 6.00. The standard InChI is InChI=1S/C16H29N3/c1-4-8-17-15(13(3)14-6-7-14)12-16-18-9-11-19(16)10-5-2/h9,11,13-15,17H,4-8,10,12H2,1-3H3. The summed E-state index contributed by atoms with van der Waals surface area (Å²) in [5, 5.41) is 3.74. The number of nitrogens with zero attached hydrogens (tertiary/aromatic N) is 2. The molecule has 2 unspecified atom stereocenters. The van der Waals surface area contributed by atoms with Crippen molar-refractivity contribution in [1.29, 1.82) is 0 Å². The quantitative estimate of drug-likeness (QED) is 0.741. The zero-order valence-corrected chi connectivity index (χ0v) is 12.7. The van der Waals surface area contributed by atoms with Gasteiger partial charge in [-0.2, -0.15) is 0 Å². The Morgan fingerprint density at radius 2 is 2.16 bits per heavy atom. The molecule has 0 radical (unpaired) electrons. The Balaban J connectivity index is 1.98. The number of hydrogen-bond acceptors (Lipinski definition) is 2. The number of hydrogen-bond donors (Lipinski definition) is 1. The smallest absolute Gasteiger partial charge is 0.110 e.